The van der Waals surface area contributed by atoms with Gasteiger partial charge in [0, 0.05) is 12.1 Å². The van der Waals surface area contributed by atoms with E-state index in [1.165, 1.54) is 0 Å². The van der Waals surface area contributed by atoms with E-state index in [-0.39, 0.29) is 0 Å². The first-order valence-electron chi connectivity index (χ1n) is 6.92. The molecule has 0 amide bonds. The molecule has 0 spiro atoms. The van der Waals surface area contributed by atoms with Gasteiger partial charge in [-0.15, -0.1) is 0 Å². The summed E-state index contributed by atoms with van der Waals surface area (Å²) in [6.45, 7) is 4.11. The maximum atomic E-state index is 9.14. The molecule has 4 heteroatoms. The van der Waals surface area contributed by atoms with Crippen LogP contribution in [0.15, 0.2) is 36.4 Å². The summed E-state index contributed by atoms with van der Waals surface area (Å²) in [5, 5.41) is 9.14. The molecule has 1 heterocycles. The van der Waals surface area contributed by atoms with Gasteiger partial charge in [-0.2, -0.15) is 5.26 Å². The first kappa shape index (κ1) is 13.2. The molecule has 3 aromatic rings. The Balaban J connectivity index is 2.36. The maximum Gasteiger partial charge on any atom is 0.114 e. The highest BCUT2D eigenvalue weighted by Gasteiger charge is 2.13. The molecule has 0 saturated carbocycles. The van der Waals surface area contributed by atoms with Crippen LogP contribution in [0.1, 0.15) is 23.9 Å². The third kappa shape index (κ3) is 2.13. The Bertz CT molecular complexity index is 868. The van der Waals surface area contributed by atoms with Crippen molar-refractivity contribution in [2.24, 2.45) is 0 Å². The van der Waals surface area contributed by atoms with Crippen LogP contribution >= 0.6 is 0 Å². The molecular formula is C17H16N4. The normalized spacial score (nSPS) is 10.7. The Morgan fingerprint density at radius 3 is 2.76 bits per heavy atom. The summed E-state index contributed by atoms with van der Waals surface area (Å²) in [6.07, 6.45) is 0.810. The van der Waals surface area contributed by atoms with Crippen molar-refractivity contribution >= 4 is 16.7 Å². The molecule has 4 nitrogen and oxygen atoms in total. The zero-order valence-electron chi connectivity index (χ0n) is 12.1. The van der Waals surface area contributed by atoms with Gasteiger partial charge in [0.05, 0.1) is 28.4 Å². The molecule has 3 rings (SSSR count). The zero-order chi connectivity index (χ0) is 15.0. The third-order valence-electron chi connectivity index (χ3n) is 3.64. The molecule has 1 aromatic heterocycles. The SMILES string of the molecule is CCc1nc2cc(N)ccc2n1-c1cc(C#N)ccc1C. The molecule has 0 radical (unpaired) electrons. The lowest BCUT2D eigenvalue weighted by molar-refractivity contribution is 0.902. The van der Waals surface area contributed by atoms with Crippen molar-refractivity contribution < 1.29 is 0 Å². The smallest absolute Gasteiger partial charge is 0.114 e. The summed E-state index contributed by atoms with van der Waals surface area (Å²) < 4.78 is 2.12. The number of fused-ring (bicyclic) bond motifs is 1. The standard InChI is InChI=1S/C17H16N4/c1-3-17-20-14-9-13(19)6-7-15(14)21(17)16-8-12(10-18)5-4-11(16)2/h4-9H,3,19H2,1-2H3. The first-order chi connectivity index (χ1) is 10.1. The highest BCUT2D eigenvalue weighted by atomic mass is 15.1. The molecule has 21 heavy (non-hydrogen) atoms. The number of rotatable bonds is 2. The summed E-state index contributed by atoms with van der Waals surface area (Å²) in [7, 11) is 0. The Morgan fingerprint density at radius 2 is 2.05 bits per heavy atom. The number of aryl methyl sites for hydroxylation is 2. The van der Waals surface area contributed by atoms with Crippen LogP contribution in [0.3, 0.4) is 0 Å². The zero-order valence-corrected chi connectivity index (χ0v) is 12.1. The van der Waals surface area contributed by atoms with Gasteiger partial charge in [0.25, 0.3) is 0 Å². The van der Waals surface area contributed by atoms with E-state index >= 15 is 0 Å². The number of nitrogens with zero attached hydrogens (tertiary/aromatic N) is 3. The summed E-state index contributed by atoms with van der Waals surface area (Å²) in [4.78, 5) is 4.67. The van der Waals surface area contributed by atoms with Gasteiger partial charge in [-0.25, -0.2) is 4.98 Å². The molecule has 2 N–H and O–H groups in total. The van der Waals surface area contributed by atoms with Crippen LogP contribution in [0.4, 0.5) is 5.69 Å². The summed E-state index contributed by atoms with van der Waals surface area (Å²) in [5.74, 6) is 0.966. The highest BCUT2D eigenvalue weighted by molar-refractivity contribution is 5.82. The number of imidazole rings is 1. The number of hydrogen-bond donors (Lipinski definition) is 1. The summed E-state index contributed by atoms with van der Waals surface area (Å²) in [5.41, 5.74) is 11.2. The fourth-order valence-electron chi connectivity index (χ4n) is 2.57. The monoisotopic (exact) mass is 276 g/mol. The van der Waals surface area contributed by atoms with Gasteiger partial charge < -0.3 is 5.73 Å². The maximum absolute atomic E-state index is 9.14. The third-order valence-corrected chi connectivity index (χ3v) is 3.64. The van der Waals surface area contributed by atoms with Gasteiger partial charge in [0.15, 0.2) is 0 Å². The van der Waals surface area contributed by atoms with E-state index in [9.17, 15) is 0 Å². The van der Waals surface area contributed by atoms with E-state index in [0.29, 0.717) is 11.3 Å². The van der Waals surface area contributed by atoms with Gasteiger partial charge in [-0.3, -0.25) is 4.57 Å². The number of hydrogen-bond acceptors (Lipinski definition) is 3. The van der Waals surface area contributed by atoms with E-state index in [4.69, 9.17) is 11.0 Å². The average molecular weight is 276 g/mol. The van der Waals surface area contributed by atoms with Crippen LogP contribution in [-0.4, -0.2) is 9.55 Å². The Labute approximate surface area is 123 Å². The molecule has 0 bridgehead atoms. The van der Waals surface area contributed by atoms with Gasteiger partial charge >= 0.3 is 0 Å². The Morgan fingerprint density at radius 1 is 1.24 bits per heavy atom. The quantitative estimate of drug-likeness (QED) is 0.730. The fraction of sp³-hybridized carbons (Fsp3) is 0.176. The molecule has 0 unspecified atom stereocenters. The van der Waals surface area contributed by atoms with Crippen molar-refractivity contribution in [2.75, 3.05) is 5.73 Å². The van der Waals surface area contributed by atoms with Crippen LogP contribution in [0, 0.1) is 18.3 Å². The second-order valence-electron chi connectivity index (χ2n) is 5.08. The van der Waals surface area contributed by atoms with Crippen molar-refractivity contribution in [3.8, 4) is 11.8 Å². The molecular weight excluding hydrogens is 260 g/mol. The number of nitrogens with two attached hydrogens (primary N) is 1. The van der Waals surface area contributed by atoms with Crippen LogP contribution < -0.4 is 5.73 Å². The van der Waals surface area contributed by atoms with Gasteiger partial charge in [0.1, 0.15) is 5.82 Å². The Hall–Kier alpha value is -2.80. The van der Waals surface area contributed by atoms with Crippen molar-refractivity contribution in [3.63, 3.8) is 0 Å². The summed E-state index contributed by atoms with van der Waals surface area (Å²) in [6, 6.07) is 13.7. The van der Waals surface area contributed by atoms with Gasteiger partial charge in [-0.05, 0) is 42.8 Å². The molecule has 0 aliphatic heterocycles. The number of benzene rings is 2. The average Bonchev–Trinajstić information content (AvgIpc) is 2.85. The predicted octanol–water partition coefficient (Wildman–Crippen LogP) is 3.35. The Kier molecular flexibility index (Phi) is 3.11. The van der Waals surface area contributed by atoms with Gasteiger partial charge in [0.2, 0.25) is 0 Å². The minimum atomic E-state index is 0.648. The van der Waals surface area contributed by atoms with Crippen molar-refractivity contribution in [1.82, 2.24) is 9.55 Å². The number of aromatic nitrogens is 2. The minimum absolute atomic E-state index is 0.648. The van der Waals surface area contributed by atoms with Crippen molar-refractivity contribution in [3.05, 3.63) is 53.3 Å². The van der Waals surface area contributed by atoms with Crippen LogP contribution in [0.5, 0.6) is 0 Å². The number of nitriles is 1. The van der Waals surface area contributed by atoms with E-state index in [2.05, 4.69) is 22.5 Å². The van der Waals surface area contributed by atoms with Crippen molar-refractivity contribution in [2.45, 2.75) is 20.3 Å². The lowest BCUT2D eigenvalue weighted by atomic mass is 10.1. The predicted molar refractivity (Wildman–Crippen MR) is 84.3 cm³/mol. The lowest BCUT2D eigenvalue weighted by Gasteiger charge is -2.12. The number of nitrogen functional groups attached to an aromatic ring is 1. The largest absolute Gasteiger partial charge is 0.399 e. The highest BCUT2D eigenvalue weighted by Crippen LogP contribution is 2.26. The van der Waals surface area contributed by atoms with E-state index in [1.807, 2.05) is 43.3 Å². The molecule has 0 aliphatic rings. The first-order valence-corrected chi connectivity index (χ1v) is 6.92. The minimum Gasteiger partial charge on any atom is -0.399 e. The summed E-state index contributed by atoms with van der Waals surface area (Å²) >= 11 is 0. The molecule has 0 aliphatic carbocycles. The molecule has 104 valence electrons. The van der Waals surface area contributed by atoms with Gasteiger partial charge in [-0.1, -0.05) is 13.0 Å². The van der Waals surface area contributed by atoms with E-state index < -0.39 is 0 Å². The molecule has 0 fully saturated rings. The second-order valence-corrected chi connectivity index (χ2v) is 5.08. The number of anilines is 1. The van der Waals surface area contributed by atoms with Crippen LogP contribution in [-0.2, 0) is 6.42 Å². The van der Waals surface area contributed by atoms with Crippen LogP contribution in [0.2, 0.25) is 0 Å². The molecule has 2 aromatic carbocycles. The molecule has 0 atom stereocenters. The van der Waals surface area contributed by atoms with E-state index in [1.54, 1.807) is 0 Å². The van der Waals surface area contributed by atoms with Crippen LogP contribution in [0.25, 0.3) is 16.7 Å². The molecule has 0 saturated heterocycles. The van der Waals surface area contributed by atoms with Crippen molar-refractivity contribution in [1.29, 1.82) is 5.26 Å². The topological polar surface area (TPSA) is 67.6 Å². The lowest BCUT2D eigenvalue weighted by Crippen LogP contribution is -2.02. The van der Waals surface area contributed by atoms with E-state index in [0.717, 1.165) is 34.5 Å². The second kappa shape index (κ2) is 4.95. The fourth-order valence-corrected chi connectivity index (χ4v) is 2.57.